The molecule has 0 unspecified atom stereocenters. The Morgan fingerprint density at radius 3 is 2.94 bits per heavy atom. The third kappa shape index (κ3) is 3.50. The lowest BCUT2D eigenvalue weighted by Gasteiger charge is -2.26. The fourth-order valence-corrected chi connectivity index (χ4v) is 3.96. The number of nitrogens with zero attached hydrogens (tertiary/aromatic N) is 4. The largest absolute Gasteiger partial charge is 0.496 e. The van der Waals surface area contributed by atoms with Gasteiger partial charge in [0.05, 0.1) is 37.6 Å². The van der Waals surface area contributed by atoms with Crippen molar-refractivity contribution < 1.29 is 18.7 Å². The van der Waals surface area contributed by atoms with Crippen LogP contribution in [0, 0.1) is 17.1 Å². The van der Waals surface area contributed by atoms with Crippen LogP contribution in [0.4, 0.5) is 10.2 Å². The van der Waals surface area contributed by atoms with Gasteiger partial charge < -0.3 is 20.5 Å². The minimum absolute atomic E-state index is 0.00464. The van der Waals surface area contributed by atoms with Gasteiger partial charge in [0.15, 0.2) is 0 Å². The minimum Gasteiger partial charge on any atom is -0.496 e. The summed E-state index contributed by atoms with van der Waals surface area (Å²) in [7, 11) is 1.42. The van der Waals surface area contributed by atoms with Gasteiger partial charge in [-0.25, -0.2) is 9.07 Å². The molecule has 5 rings (SSSR count). The summed E-state index contributed by atoms with van der Waals surface area (Å²) in [5, 5.41) is 24.9. The summed E-state index contributed by atoms with van der Waals surface area (Å²) in [6, 6.07) is 9.52. The Hall–Kier alpha value is -4.43. The lowest BCUT2D eigenvalue weighted by Crippen LogP contribution is -2.32. The second-order valence-electron chi connectivity index (χ2n) is 7.81. The number of nitriles is 1. The molecule has 4 aromatic rings. The Labute approximate surface area is 193 Å². The fraction of sp³-hybridized carbons (Fsp3) is 0.217. The van der Waals surface area contributed by atoms with Crippen LogP contribution in [-0.2, 0) is 11.3 Å². The van der Waals surface area contributed by atoms with Gasteiger partial charge >= 0.3 is 0 Å². The van der Waals surface area contributed by atoms with Gasteiger partial charge in [-0.3, -0.25) is 9.89 Å². The third-order valence-corrected chi connectivity index (χ3v) is 5.83. The Kier molecular flexibility index (Phi) is 5.35. The number of aromatic amines is 1. The van der Waals surface area contributed by atoms with Gasteiger partial charge in [0.1, 0.15) is 40.8 Å². The van der Waals surface area contributed by atoms with Crippen molar-refractivity contribution in [1.29, 1.82) is 5.26 Å². The normalized spacial score (nSPS) is 13.4. The number of halogens is 1. The first-order chi connectivity index (χ1) is 16.5. The van der Waals surface area contributed by atoms with Crippen molar-refractivity contribution >= 4 is 22.6 Å². The molecule has 172 valence electrons. The molecular formula is C23H20FN7O3. The number of rotatable bonds is 6. The lowest BCUT2D eigenvalue weighted by molar-refractivity contribution is -0.0275. The predicted octanol–water partition coefficient (Wildman–Crippen LogP) is 2.53. The zero-order chi connectivity index (χ0) is 23.8. The van der Waals surface area contributed by atoms with E-state index in [9.17, 15) is 14.4 Å². The average molecular weight is 461 g/mol. The van der Waals surface area contributed by atoms with Crippen molar-refractivity contribution in [3.05, 3.63) is 59.0 Å². The molecule has 2 aromatic carbocycles. The highest BCUT2D eigenvalue weighted by Crippen LogP contribution is 2.35. The number of methoxy groups -OCH3 is 1. The Morgan fingerprint density at radius 1 is 1.41 bits per heavy atom. The highest BCUT2D eigenvalue weighted by Gasteiger charge is 2.28. The van der Waals surface area contributed by atoms with Gasteiger partial charge in [-0.2, -0.15) is 15.5 Å². The number of H-pyrrole nitrogens is 1. The average Bonchev–Trinajstić information content (AvgIpc) is 3.41. The van der Waals surface area contributed by atoms with Crippen molar-refractivity contribution in [3.63, 3.8) is 0 Å². The molecule has 3 heterocycles. The maximum absolute atomic E-state index is 13.7. The van der Waals surface area contributed by atoms with Crippen LogP contribution >= 0.6 is 0 Å². The highest BCUT2D eigenvalue weighted by molar-refractivity contribution is 5.99. The van der Waals surface area contributed by atoms with Gasteiger partial charge in [0.25, 0.3) is 5.91 Å². The molecule has 11 heteroatoms. The van der Waals surface area contributed by atoms with Crippen LogP contribution in [0.2, 0.25) is 0 Å². The summed E-state index contributed by atoms with van der Waals surface area (Å²) in [4.78, 5) is 12.7. The molecule has 34 heavy (non-hydrogen) atoms. The molecule has 1 amide bonds. The first kappa shape index (κ1) is 21.4. The minimum atomic E-state index is -0.535. The van der Waals surface area contributed by atoms with Gasteiger partial charge in [0.2, 0.25) is 0 Å². The van der Waals surface area contributed by atoms with E-state index in [0.717, 1.165) is 17.0 Å². The van der Waals surface area contributed by atoms with E-state index in [4.69, 9.17) is 15.2 Å². The number of hydrogen-bond acceptors (Lipinski definition) is 7. The highest BCUT2D eigenvalue weighted by atomic mass is 19.1. The van der Waals surface area contributed by atoms with Crippen LogP contribution in [0.25, 0.3) is 22.2 Å². The summed E-state index contributed by atoms with van der Waals surface area (Å²) in [6.07, 6.45) is 1.63. The number of nitrogens with two attached hydrogens (primary N) is 1. The maximum Gasteiger partial charge on any atom is 0.255 e. The number of carbonyl (C=O) groups excluding carboxylic acids is 1. The number of anilines is 1. The molecule has 0 aliphatic carbocycles. The molecule has 1 aliphatic rings. The molecule has 0 bridgehead atoms. The quantitative estimate of drug-likeness (QED) is 0.400. The topological polar surface area (TPSA) is 144 Å². The molecule has 0 atom stereocenters. The van der Waals surface area contributed by atoms with E-state index in [2.05, 4.69) is 26.7 Å². The summed E-state index contributed by atoms with van der Waals surface area (Å²) in [5.74, 6) is -0.446. The predicted molar refractivity (Wildman–Crippen MR) is 120 cm³/mol. The van der Waals surface area contributed by atoms with E-state index >= 15 is 0 Å². The SMILES string of the molecule is COc1ccc(F)cc1C(=O)NCc1ccc(-c2nn(C3COC3)c(N)c2C#N)c2cn[nH]c12. The number of amides is 1. The van der Waals surface area contributed by atoms with Gasteiger partial charge in [-0.1, -0.05) is 12.1 Å². The van der Waals surface area contributed by atoms with Crippen LogP contribution in [0.1, 0.15) is 27.5 Å². The van der Waals surface area contributed by atoms with Crippen LogP contribution in [-0.4, -0.2) is 46.2 Å². The van der Waals surface area contributed by atoms with Crippen LogP contribution in [0.5, 0.6) is 5.75 Å². The summed E-state index contributed by atoms with van der Waals surface area (Å²) in [5.41, 5.74) is 9.15. The zero-order valence-corrected chi connectivity index (χ0v) is 18.1. The number of aromatic nitrogens is 4. The number of carbonyl (C=O) groups is 1. The van der Waals surface area contributed by atoms with Crippen molar-refractivity contribution in [2.45, 2.75) is 12.6 Å². The first-order valence-electron chi connectivity index (χ1n) is 10.4. The van der Waals surface area contributed by atoms with E-state index in [-0.39, 0.29) is 29.5 Å². The summed E-state index contributed by atoms with van der Waals surface area (Å²) >= 11 is 0. The van der Waals surface area contributed by atoms with Crippen molar-refractivity contribution in [2.75, 3.05) is 26.1 Å². The van der Waals surface area contributed by atoms with Crippen LogP contribution < -0.4 is 15.8 Å². The van der Waals surface area contributed by atoms with E-state index < -0.39 is 11.7 Å². The van der Waals surface area contributed by atoms with Gasteiger partial charge in [-0.15, -0.1) is 0 Å². The van der Waals surface area contributed by atoms with E-state index in [1.54, 1.807) is 10.9 Å². The number of benzene rings is 2. The van der Waals surface area contributed by atoms with E-state index in [1.807, 2.05) is 12.1 Å². The number of fused-ring (bicyclic) bond motifs is 1. The standard InChI is InChI=1S/C23H20FN7O3/c1-33-19-5-3-13(24)6-16(19)23(32)27-8-12-2-4-15(18-9-28-29-20(12)18)21-17(7-25)22(26)31(30-21)14-10-34-11-14/h2-6,9,14H,8,10-11,26H2,1H3,(H,27,32)(H,28,29). The Bertz CT molecular complexity index is 1450. The smallest absolute Gasteiger partial charge is 0.255 e. The van der Waals surface area contributed by atoms with E-state index in [0.29, 0.717) is 35.8 Å². The molecular weight excluding hydrogens is 441 g/mol. The molecule has 2 aromatic heterocycles. The van der Waals surface area contributed by atoms with E-state index in [1.165, 1.54) is 19.2 Å². The third-order valence-electron chi connectivity index (χ3n) is 5.83. The van der Waals surface area contributed by atoms with Gasteiger partial charge in [0, 0.05) is 17.5 Å². The molecule has 10 nitrogen and oxygen atoms in total. The maximum atomic E-state index is 13.7. The number of ether oxygens (including phenoxy) is 2. The van der Waals surface area contributed by atoms with Crippen LogP contribution in [0.3, 0.4) is 0 Å². The van der Waals surface area contributed by atoms with Crippen LogP contribution in [0.15, 0.2) is 36.5 Å². The number of nitrogens with one attached hydrogen (secondary N) is 2. The molecule has 4 N–H and O–H groups in total. The Balaban J connectivity index is 1.46. The summed E-state index contributed by atoms with van der Waals surface area (Å²) < 4.78 is 25.7. The lowest BCUT2D eigenvalue weighted by atomic mass is 10.0. The van der Waals surface area contributed by atoms with Crippen molar-refractivity contribution in [2.24, 2.45) is 0 Å². The number of hydrogen-bond donors (Lipinski definition) is 3. The fourth-order valence-electron chi connectivity index (χ4n) is 3.96. The van der Waals surface area contributed by atoms with Crippen molar-refractivity contribution in [1.82, 2.24) is 25.3 Å². The monoisotopic (exact) mass is 461 g/mol. The second kappa shape index (κ2) is 8.49. The number of nitrogen functional groups attached to an aromatic ring is 1. The zero-order valence-electron chi connectivity index (χ0n) is 18.1. The first-order valence-corrected chi connectivity index (χ1v) is 10.4. The second-order valence-corrected chi connectivity index (χ2v) is 7.81. The van der Waals surface area contributed by atoms with Gasteiger partial charge in [-0.05, 0) is 23.8 Å². The molecule has 1 fully saturated rings. The summed E-state index contributed by atoms with van der Waals surface area (Å²) in [6.45, 7) is 1.14. The molecule has 0 saturated carbocycles. The molecule has 1 aliphatic heterocycles. The molecule has 0 spiro atoms. The Morgan fingerprint density at radius 2 is 2.24 bits per heavy atom. The molecule has 1 saturated heterocycles. The van der Waals surface area contributed by atoms with Crippen molar-refractivity contribution in [3.8, 4) is 23.1 Å². The molecule has 0 radical (unpaired) electrons.